The van der Waals surface area contributed by atoms with E-state index in [1.165, 1.54) is 4.74 Å². The summed E-state index contributed by atoms with van der Waals surface area (Å²) in [5, 5.41) is 0. The van der Waals surface area contributed by atoms with Crippen molar-refractivity contribution < 1.29 is 75.7 Å². The minimum atomic E-state index is -7.57. The van der Waals surface area contributed by atoms with Gasteiger partial charge in [-0.2, -0.15) is 48.3 Å². The van der Waals surface area contributed by atoms with Gasteiger partial charge in [-0.3, -0.25) is 9.53 Å². The number of rotatable bonds is 5. The number of carbonyl (C=O) groups excluding carboxylic acids is 1. The van der Waals surface area contributed by atoms with Gasteiger partial charge in [0.15, 0.2) is 0 Å². The van der Waals surface area contributed by atoms with Crippen LogP contribution in [0.15, 0.2) is 0 Å². The van der Waals surface area contributed by atoms with E-state index in [1.54, 1.807) is 4.74 Å². The zero-order valence-corrected chi connectivity index (χ0v) is 10.0. The smallest absolute Gasteiger partial charge is 0.279 e. The van der Waals surface area contributed by atoms with Crippen molar-refractivity contribution in [3.8, 4) is 0 Å². The van der Waals surface area contributed by atoms with Gasteiger partial charge in [0, 0.05) is 0 Å². The van der Waals surface area contributed by atoms with Gasteiger partial charge in [0.2, 0.25) is 0 Å². The third kappa shape index (κ3) is 4.17. The summed E-state index contributed by atoms with van der Waals surface area (Å²) in [6, 6.07) is -4.61. The van der Waals surface area contributed by atoms with Gasteiger partial charge in [-0.25, -0.2) is 4.74 Å². The maximum absolute atomic E-state index is 13.2. The molecular formula is C7F14O3. The van der Waals surface area contributed by atoms with Crippen LogP contribution in [-0.2, 0) is 14.3 Å². The largest absolute Gasteiger partial charge is 0.527 e. The van der Waals surface area contributed by atoms with E-state index in [9.17, 15) is 66.3 Å². The van der Waals surface area contributed by atoms with Gasteiger partial charge >= 0.3 is 42.6 Å². The summed E-state index contributed by atoms with van der Waals surface area (Å²) in [6.07, 6.45) is -29.0. The number of hydrogen-bond donors (Lipinski definition) is 0. The second-order valence-corrected chi connectivity index (χ2v) is 3.63. The van der Waals surface area contributed by atoms with Crippen molar-refractivity contribution in [1.29, 1.82) is 0 Å². The molecule has 0 amide bonds. The summed E-state index contributed by atoms with van der Waals surface area (Å²) in [5.41, 5.74) is 0. The molecule has 0 radical (unpaired) electrons. The molecule has 0 saturated heterocycles. The van der Waals surface area contributed by atoms with Crippen molar-refractivity contribution in [2.24, 2.45) is 0 Å². The van der Waals surface area contributed by atoms with Crippen molar-refractivity contribution in [1.82, 2.24) is 0 Å². The molecule has 0 spiro atoms. The molecule has 0 aliphatic rings. The number of hydrogen-bond acceptors (Lipinski definition) is 3. The SMILES string of the molecule is O=C(F)C(F)(OC(F)(C(F)(F)F)C(F)(F)OC(F)(F)F)C(F)(F)F. The fourth-order valence-electron chi connectivity index (χ4n) is 0.896. The summed E-state index contributed by atoms with van der Waals surface area (Å²) in [7, 11) is 0. The molecule has 3 nitrogen and oxygen atoms in total. The molecule has 0 fully saturated rings. The quantitative estimate of drug-likeness (QED) is 0.517. The molecule has 144 valence electrons. The van der Waals surface area contributed by atoms with E-state index in [-0.39, 0.29) is 0 Å². The van der Waals surface area contributed by atoms with Crippen LogP contribution < -0.4 is 0 Å². The second kappa shape index (κ2) is 5.85. The van der Waals surface area contributed by atoms with Gasteiger partial charge in [-0.15, -0.1) is 13.2 Å². The van der Waals surface area contributed by atoms with E-state index in [2.05, 4.69) is 0 Å². The van der Waals surface area contributed by atoms with Gasteiger partial charge in [-0.1, -0.05) is 0 Å². The molecule has 0 aromatic heterocycles. The Morgan fingerprint density at radius 1 is 0.625 bits per heavy atom. The van der Waals surface area contributed by atoms with Crippen LogP contribution in [-0.4, -0.2) is 42.6 Å². The number of halogens is 14. The van der Waals surface area contributed by atoms with Crippen molar-refractivity contribution in [3.05, 3.63) is 0 Å². The second-order valence-electron chi connectivity index (χ2n) is 3.63. The van der Waals surface area contributed by atoms with E-state index < -0.39 is 42.6 Å². The predicted octanol–water partition coefficient (Wildman–Crippen LogP) is 4.08. The van der Waals surface area contributed by atoms with Crippen LogP contribution in [0, 0.1) is 0 Å². The van der Waals surface area contributed by atoms with Crippen molar-refractivity contribution >= 4 is 6.04 Å². The Labute approximate surface area is 120 Å². The van der Waals surface area contributed by atoms with Gasteiger partial charge in [0.25, 0.3) is 0 Å². The van der Waals surface area contributed by atoms with Crippen molar-refractivity contribution in [2.45, 2.75) is 36.5 Å². The summed E-state index contributed by atoms with van der Waals surface area (Å²) in [6.45, 7) is 0. The molecule has 0 saturated carbocycles. The Morgan fingerprint density at radius 3 is 1.21 bits per heavy atom. The minimum absolute atomic E-state index is 1.33. The Morgan fingerprint density at radius 2 is 1.00 bits per heavy atom. The molecule has 0 aromatic rings. The Bertz CT molecular complexity index is 476. The van der Waals surface area contributed by atoms with E-state index in [0.29, 0.717) is 0 Å². The molecule has 0 bridgehead atoms. The van der Waals surface area contributed by atoms with Crippen LogP contribution in [0.4, 0.5) is 61.5 Å². The zero-order chi connectivity index (χ0) is 20.0. The first-order valence-corrected chi connectivity index (χ1v) is 4.67. The number of alkyl halides is 13. The van der Waals surface area contributed by atoms with Crippen LogP contribution in [0.1, 0.15) is 0 Å². The Kier molecular flexibility index (Phi) is 5.51. The van der Waals surface area contributed by atoms with Gasteiger partial charge in [0.1, 0.15) is 0 Å². The average Bonchev–Trinajstić information content (AvgIpc) is 2.21. The topological polar surface area (TPSA) is 35.5 Å². The number of carbonyl (C=O) groups is 1. The van der Waals surface area contributed by atoms with E-state index >= 15 is 0 Å². The molecule has 0 aromatic carbocycles. The lowest BCUT2D eigenvalue weighted by atomic mass is 10.2. The lowest BCUT2D eigenvalue weighted by Crippen LogP contribution is -2.66. The maximum atomic E-state index is 13.2. The first-order chi connectivity index (χ1) is 10.1. The molecule has 0 N–H and O–H groups in total. The van der Waals surface area contributed by atoms with Crippen LogP contribution in [0.5, 0.6) is 0 Å². The van der Waals surface area contributed by atoms with E-state index in [1.807, 2.05) is 0 Å². The highest BCUT2D eigenvalue weighted by molar-refractivity contribution is 5.77. The summed E-state index contributed by atoms with van der Waals surface area (Å²) in [5.74, 6) is -14.6. The monoisotopic (exact) mass is 398 g/mol. The zero-order valence-electron chi connectivity index (χ0n) is 10.0. The predicted molar refractivity (Wildman–Crippen MR) is 39.1 cm³/mol. The Hall–Kier alpha value is -1.39. The standard InChI is InChI=1S/C7F14O3/c8-1(22)2(9,4(11,12)13)23-3(10,5(14,15)16)6(17,18)24-7(19,20)21. The lowest BCUT2D eigenvalue weighted by Gasteiger charge is -2.37. The molecule has 24 heavy (non-hydrogen) atoms. The lowest BCUT2D eigenvalue weighted by molar-refractivity contribution is -0.537. The van der Waals surface area contributed by atoms with Crippen molar-refractivity contribution in [3.63, 3.8) is 0 Å². The van der Waals surface area contributed by atoms with Crippen LogP contribution >= 0.6 is 0 Å². The summed E-state index contributed by atoms with van der Waals surface area (Å²) in [4.78, 5) is 9.80. The molecule has 17 heteroatoms. The first-order valence-electron chi connectivity index (χ1n) is 4.67. The fourth-order valence-corrected chi connectivity index (χ4v) is 0.896. The average molecular weight is 398 g/mol. The number of ether oxygens (including phenoxy) is 2. The molecular weight excluding hydrogens is 398 g/mol. The van der Waals surface area contributed by atoms with Gasteiger partial charge in [-0.05, 0) is 0 Å². The minimum Gasteiger partial charge on any atom is -0.279 e. The van der Waals surface area contributed by atoms with Gasteiger partial charge < -0.3 is 0 Å². The molecule has 0 aliphatic heterocycles. The normalized spacial score (nSPS) is 19.6. The maximum Gasteiger partial charge on any atom is 0.527 e. The van der Waals surface area contributed by atoms with Crippen LogP contribution in [0.3, 0.4) is 0 Å². The van der Waals surface area contributed by atoms with E-state index in [4.69, 9.17) is 0 Å². The Balaban J connectivity index is 6.29. The summed E-state index contributed by atoms with van der Waals surface area (Å²) < 4.78 is 174. The van der Waals surface area contributed by atoms with Crippen LogP contribution in [0.2, 0.25) is 0 Å². The fraction of sp³-hybridized carbons (Fsp3) is 0.857. The molecule has 0 heterocycles. The highest BCUT2D eigenvalue weighted by Gasteiger charge is 2.82. The molecule has 2 atom stereocenters. The highest BCUT2D eigenvalue weighted by Crippen LogP contribution is 2.53. The van der Waals surface area contributed by atoms with Gasteiger partial charge in [0.05, 0.1) is 0 Å². The highest BCUT2D eigenvalue weighted by atomic mass is 19.4. The summed E-state index contributed by atoms with van der Waals surface area (Å²) >= 11 is 0. The van der Waals surface area contributed by atoms with Crippen molar-refractivity contribution in [2.75, 3.05) is 0 Å². The first kappa shape index (κ1) is 22.6. The third-order valence-electron chi connectivity index (χ3n) is 1.88. The van der Waals surface area contributed by atoms with Crippen LogP contribution in [0.25, 0.3) is 0 Å². The molecule has 0 rings (SSSR count). The molecule has 2 unspecified atom stereocenters. The van der Waals surface area contributed by atoms with E-state index in [0.717, 1.165) is 0 Å². The molecule has 0 aliphatic carbocycles. The third-order valence-corrected chi connectivity index (χ3v) is 1.88.